The third-order valence-electron chi connectivity index (χ3n) is 7.16. The quantitative estimate of drug-likeness (QED) is 0.580. The molecule has 8 heteroatoms. The molecule has 1 aliphatic heterocycles. The average Bonchev–Trinajstić information content (AvgIpc) is 3.32. The standard InChI is InChI=1S/C27H30F2N4O2/c28-21-11-10-18(15-22(21)29)14-20-16-30-12-13-32(20)27(35)25-26(19-6-2-1-3-7-19)33(17-31-25)23-8-4-5-9-24(23)34/h1-3,6-7,10-11,15,17,20,23-24,30,34H,4-5,8-9,12-14,16H2/t20?,23-,24+/m0/s1. The molecule has 5 rings (SSSR count). The van der Waals surface area contributed by atoms with Gasteiger partial charge in [-0.15, -0.1) is 0 Å². The van der Waals surface area contributed by atoms with Crippen LogP contribution in [0, 0.1) is 11.6 Å². The van der Waals surface area contributed by atoms with E-state index in [1.807, 2.05) is 34.9 Å². The maximum absolute atomic E-state index is 13.9. The number of aromatic nitrogens is 2. The van der Waals surface area contributed by atoms with Gasteiger partial charge < -0.3 is 19.9 Å². The van der Waals surface area contributed by atoms with E-state index >= 15 is 0 Å². The molecule has 1 aliphatic carbocycles. The van der Waals surface area contributed by atoms with Crippen LogP contribution in [0.2, 0.25) is 0 Å². The first kappa shape index (κ1) is 23.6. The number of nitrogens with zero attached hydrogens (tertiary/aromatic N) is 3. The summed E-state index contributed by atoms with van der Waals surface area (Å²) in [4.78, 5) is 20.3. The summed E-state index contributed by atoms with van der Waals surface area (Å²) >= 11 is 0. The molecule has 184 valence electrons. The molecule has 2 fully saturated rings. The molecular weight excluding hydrogens is 450 g/mol. The normalized spacial score (nSPS) is 22.8. The fourth-order valence-electron chi connectivity index (χ4n) is 5.35. The van der Waals surface area contributed by atoms with Gasteiger partial charge in [-0.25, -0.2) is 13.8 Å². The lowest BCUT2D eigenvalue weighted by atomic mass is 9.92. The van der Waals surface area contributed by atoms with Crippen molar-refractivity contribution in [3.8, 4) is 11.3 Å². The second-order valence-corrected chi connectivity index (χ2v) is 9.44. The Kier molecular flexibility index (Phi) is 6.92. The Morgan fingerprint density at radius 2 is 1.89 bits per heavy atom. The minimum Gasteiger partial charge on any atom is -0.391 e. The Labute approximate surface area is 203 Å². The average molecular weight is 481 g/mol. The summed E-state index contributed by atoms with van der Waals surface area (Å²) in [5, 5.41) is 14.0. The van der Waals surface area contributed by atoms with Crippen molar-refractivity contribution in [3.05, 3.63) is 77.8 Å². The maximum atomic E-state index is 13.9. The van der Waals surface area contributed by atoms with E-state index in [-0.39, 0.29) is 18.0 Å². The molecular formula is C27H30F2N4O2. The van der Waals surface area contributed by atoms with E-state index in [1.54, 1.807) is 17.3 Å². The zero-order valence-electron chi connectivity index (χ0n) is 19.5. The number of imidazole rings is 1. The highest BCUT2D eigenvalue weighted by atomic mass is 19.2. The van der Waals surface area contributed by atoms with Gasteiger partial charge in [-0.2, -0.15) is 0 Å². The smallest absolute Gasteiger partial charge is 0.275 e. The van der Waals surface area contributed by atoms with Crippen LogP contribution in [0.25, 0.3) is 11.3 Å². The number of hydrogen-bond donors (Lipinski definition) is 2. The largest absolute Gasteiger partial charge is 0.391 e. The van der Waals surface area contributed by atoms with E-state index in [9.17, 15) is 18.7 Å². The van der Waals surface area contributed by atoms with Gasteiger partial charge in [0, 0.05) is 31.2 Å². The van der Waals surface area contributed by atoms with Crippen molar-refractivity contribution in [3.63, 3.8) is 0 Å². The summed E-state index contributed by atoms with van der Waals surface area (Å²) in [6.07, 6.45) is 5.17. The van der Waals surface area contributed by atoms with Gasteiger partial charge in [-0.1, -0.05) is 49.2 Å². The molecule has 1 aromatic heterocycles. The molecule has 0 bridgehead atoms. The van der Waals surface area contributed by atoms with E-state index in [1.165, 1.54) is 6.07 Å². The van der Waals surface area contributed by atoms with Gasteiger partial charge >= 0.3 is 0 Å². The van der Waals surface area contributed by atoms with E-state index in [0.29, 0.717) is 43.0 Å². The zero-order valence-corrected chi connectivity index (χ0v) is 19.5. The highest BCUT2D eigenvalue weighted by Gasteiger charge is 2.34. The molecule has 1 amide bonds. The third-order valence-corrected chi connectivity index (χ3v) is 7.16. The highest BCUT2D eigenvalue weighted by molar-refractivity contribution is 5.98. The second kappa shape index (κ2) is 10.3. The monoisotopic (exact) mass is 480 g/mol. The third kappa shape index (κ3) is 4.86. The van der Waals surface area contributed by atoms with Gasteiger partial charge in [0.2, 0.25) is 0 Å². The summed E-state index contributed by atoms with van der Waals surface area (Å²) in [5.74, 6) is -1.96. The molecule has 2 aromatic carbocycles. The summed E-state index contributed by atoms with van der Waals surface area (Å²) in [6, 6.07) is 13.2. The number of carbonyl (C=O) groups excluding carboxylic acids is 1. The number of piperazine rings is 1. The number of benzene rings is 2. The lowest BCUT2D eigenvalue weighted by molar-refractivity contribution is 0.0628. The molecule has 2 aliphatic rings. The Bertz CT molecular complexity index is 1180. The first-order valence-electron chi connectivity index (χ1n) is 12.3. The first-order chi connectivity index (χ1) is 17.0. The van der Waals surface area contributed by atoms with E-state index in [0.717, 1.165) is 37.3 Å². The fraction of sp³-hybridized carbons (Fsp3) is 0.407. The Hall–Kier alpha value is -3.10. The molecule has 1 unspecified atom stereocenters. The van der Waals surface area contributed by atoms with Crippen molar-refractivity contribution in [2.45, 2.75) is 50.3 Å². The SMILES string of the molecule is O=C(c1ncn([C@H]2CCCC[C@H]2O)c1-c1ccccc1)N1CCNCC1Cc1ccc(F)c(F)c1. The molecule has 1 saturated heterocycles. The summed E-state index contributed by atoms with van der Waals surface area (Å²) < 4.78 is 29.2. The molecule has 2 heterocycles. The van der Waals surface area contributed by atoms with Crippen LogP contribution in [-0.2, 0) is 6.42 Å². The number of hydrogen-bond acceptors (Lipinski definition) is 4. The van der Waals surface area contributed by atoms with E-state index < -0.39 is 17.7 Å². The van der Waals surface area contributed by atoms with Gasteiger partial charge in [0.1, 0.15) is 0 Å². The predicted molar refractivity (Wildman–Crippen MR) is 129 cm³/mol. The minimum atomic E-state index is -0.889. The van der Waals surface area contributed by atoms with Crippen LogP contribution in [-0.4, -0.2) is 57.2 Å². The van der Waals surface area contributed by atoms with Crippen LogP contribution in [0.1, 0.15) is 47.8 Å². The van der Waals surface area contributed by atoms with Crippen LogP contribution in [0.4, 0.5) is 8.78 Å². The van der Waals surface area contributed by atoms with E-state index in [4.69, 9.17) is 0 Å². The van der Waals surface area contributed by atoms with Crippen LogP contribution < -0.4 is 5.32 Å². The molecule has 0 spiro atoms. The summed E-state index contributed by atoms with van der Waals surface area (Å²) in [6.45, 7) is 1.68. The fourth-order valence-corrected chi connectivity index (χ4v) is 5.35. The van der Waals surface area contributed by atoms with Crippen LogP contribution in [0.3, 0.4) is 0 Å². The maximum Gasteiger partial charge on any atom is 0.275 e. The number of rotatable bonds is 5. The van der Waals surface area contributed by atoms with Crippen molar-refractivity contribution in [1.29, 1.82) is 0 Å². The highest BCUT2D eigenvalue weighted by Crippen LogP contribution is 2.35. The number of nitrogens with one attached hydrogen (secondary N) is 1. The Morgan fingerprint density at radius 3 is 2.66 bits per heavy atom. The Morgan fingerprint density at radius 1 is 1.09 bits per heavy atom. The van der Waals surface area contributed by atoms with Gasteiger partial charge in [-0.05, 0) is 37.0 Å². The number of carbonyl (C=O) groups is 1. The van der Waals surface area contributed by atoms with Gasteiger partial charge in [0.15, 0.2) is 17.3 Å². The Balaban J connectivity index is 1.49. The number of amides is 1. The molecule has 2 N–H and O–H groups in total. The zero-order chi connectivity index (χ0) is 24.4. The van der Waals surface area contributed by atoms with Crippen LogP contribution >= 0.6 is 0 Å². The predicted octanol–water partition coefficient (Wildman–Crippen LogP) is 3.96. The van der Waals surface area contributed by atoms with Gasteiger partial charge in [0.25, 0.3) is 5.91 Å². The summed E-state index contributed by atoms with van der Waals surface area (Å²) in [5.41, 5.74) is 2.57. The lowest BCUT2D eigenvalue weighted by Crippen LogP contribution is -2.54. The van der Waals surface area contributed by atoms with Gasteiger partial charge in [-0.3, -0.25) is 4.79 Å². The van der Waals surface area contributed by atoms with Crippen molar-refractivity contribution in [2.24, 2.45) is 0 Å². The first-order valence-corrected chi connectivity index (χ1v) is 12.3. The molecule has 1 saturated carbocycles. The number of halogens is 2. The second-order valence-electron chi connectivity index (χ2n) is 9.44. The lowest BCUT2D eigenvalue weighted by Gasteiger charge is -2.36. The van der Waals surface area contributed by atoms with Crippen LogP contribution in [0.5, 0.6) is 0 Å². The number of aliphatic hydroxyl groups is 1. The molecule has 3 atom stereocenters. The number of aliphatic hydroxyl groups excluding tert-OH is 1. The molecule has 35 heavy (non-hydrogen) atoms. The van der Waals surface area contributed by atoms with Crippen molar-refractivity contribution in [2.75, 3.05) is 19.6 Å². The topological polar surface area (TPSA) is 70.4 Å². The molecule has 3 aromatic rings. The summed E-state index contributed by atoms with van der Waals surface area (Å²) in [7, 11) is 0. The minimum absolute atomic E-state index is 0.131. The molecule has 6 nitrogen and oxygen atoms in total. The van der Waals surface area contributed by atoms with Crippen LogP contribution in [0.15, 0.2) is 54.9 Å². The van der Waals surface area contributed by atoms with Crippen molar-refractivity contribution in [1.82, 2.24) is 19.8 Å². The van der Waals surface area contributed by atoms with Gasteiger partial charge in [0.05, 0.1) is 24.2 Å². The van der Waals surface area contributed by atoms with Crippen molar-refractivity contribution < 1.29 is 18.7 Å². The molecule has 0 radical (unpaired) electrons. The van der Waals surface area contributed by atoms with Crippen molar-refractivity contribution >= 4 is 5.91 Å². The van der Waals surface area contributed by atoms with E-state index in [2.05, 4.69) is 10.3 Å².